The first-order valence-electron chi connectivity index (χ1n) is 4.84. The Balaban J connectivity index is 1.87. The Morgan fingerprint density at radius 1 is 1.43 bits per heavy atom. The minimum absolute atomic E-state index is 0.390. The summed E-state index contributed by atoms with van der Waals surface area (Å²) in [5.41, 5.74) is 1.16. The van der Waals surface area contributed by atoms with E-state index in [0.29, 0.717) is 12.7 Å². The fourth-order valence-electron chi connectivity index (χ4n) is 1.36. The quantitative estimate of drug-likeness (QED) is 0.779. The zero-order valence-electron chi connectivity index (χ0n) is 8.32. The normalized spacial score (nSPS) is 16.4. The van der Waals surface area contributed by atoms with Crippen LogP contribution in [0.25, 0.3) is 0 Å². The maximum atomic E-state index is 5.65. The summed E-state index contributed by atoms with van der Waals surface area (Å²) in [6.45, 7) is 2.62. The summed E-state index contributed by atoms with van der Waals surface area (Å²) in [6.07, 6.45) is 0.390. The fourth-order valence-corrected chi connectivity index (χ4v) is 1.36. The summed E-state index contributed by atoms with van der Waals surface area (Å²) in [5.74, 6) is 0.887. The molecule has 2 rings (SSSR count). The summed E-state index contributed by atoms with van der Waals surface area (Å²) < 4.78 is 10.8. The predicted molar refractivity (Wildman–Crippen MR) is 54.4 cm³/mol. The third-order valence-electron chi connectivity index (χ3n) is 2.36. The smallest absolute Gasteiger partial charge is 0.119 e. The van der Waals surface area contributed by atoms with Gasteiger partial charge in [-0.25, -0.2) is 0 Å². The van der Waals surface area contributed by atoms with Crippen LogP contribution in [0.2, 0.25) is 0 Å². The van der Waals surface area contributed by atoms with Crippen molar-refractivity contribution in [2.45, 2.75) is 12.7 Å². The highest BCUT2D eigenvalue weighted by Gasteiger charge is 2.16. The van der Waals surface area contributed by atoms with Gasteiger partial charge in [0.1, 0.15) is 5.75 Å². The molecular formula is C11H15NO2. The van der Waals surface area contributed by atoms with Crippen LogP contribution in [0, 0.1) is 0 Å². The zero-order chi connectivity index (χ0) is 9.80. The van der Waals surface area contributed by atoms with Crippen LogP contribution in [0.1, 0.15) is 5.56 Å². The molecule has 1 N–H and O–H groups in total. The number of nitrogens with one attached hydrogen (secondary N) is 1. The van der Waals surface area contributed by atoms with Gasteiger partial charge in [0.15, 0.2) is 0 Å². The van der Waals surface area contributed by atoms with Crippen LogP contribution in [-0.2, 0) is 11.3 Å². The van der Waals surface area contributed by atoms with Gasteiger partial charge in [-0.05, 0) is 17.7 Å². The van der Waals surface area contributed by atoms with Crippen LogP contribution < -0.4 is 10.1 Å². The molecule has 3 heteroatoms. The molecular weight excluding hydrogens is 178 g/mol. The topological polar surface area (TPSA) is 30.5 Å². The van der Waals surface area contributed by atoms with Crippen molar-refractivity contribution < 1.29 is 9.47 Å². The monoisotopic (exact) mass is 193 g/mol. The molecule has 0 spiro atoms. The third-order valence-corrected chi connectivity index (χ3v) is 2.36. The van der Waals surface area contributed by atoms with E-state index in [1.165, 1.54) is 0 Å². The Labute approximate surface area is 84.0 Å². The Morgan fingerprint density at radius 2 is 2.29 bits per heavy atom. The molecule has 0 radical (unpaired) electrons. The van der Waals surface area contributed by atoms with E-state index >= 15 is 0 Å². The van der Waals surface area contributed by atoms with Crippen molar-refractivity contribution >= 4 is 0 Å². The molecule has 1 saturated heterocycles. The molecule has 1 fully saturated rings. The molecule has 0 aromatic heterocycles. The van der Waals surface area contributed by atoms with Crippen molar-refractivity contribution in [3.8, 4) is 5.75 Å². The molecule has 1 aromatic carbocycles. The lowest BCUT2D eigenvalue weighted by atomic mass is 10.2. The van der Waals surface area contributed by atoms with Gasteiger partial charge < -0.3 is 14.8 Å². The molecule has 14 heavy (non-hydrogen) atoms. The van der Waals surface area contributed by atoms with Crippen LogP contribution in [0.4, 0.5) is 0 Å². The fraction of sp³-hybridized carbons (Fsp3) is 0.455. The molecule has 76 valence electrons. The largest absolute Gasteiger partial charge is 0.497 e. The third kappa shape index (κ3) is 2.25. The van der Waals surface area contributed by atoms with E-state index in [0.717, 1.165) is 24.4 Å². The lowest BCUT2D eigenvalue weighted by Crippen LogP contribution is -2.48. The number of ether oxygens (including phenoxy) is 2. The van der Waals surface area contributed by atoms with Crippen molar-refractivity contribution in [3.63, 3.8) is 0 Å². The number of rotatable bonds is 4. The molecule has 1 aliphatic heterocycles. The highest BCUT2D eigenvalue weighted by atomic mass is 16.5. The summed E-state index contributed by atoms with van der Waals surface area (Å²) in [5, 5.41) is 3.17. The number of hydrogen-bond donors (Lipinski definition) is 1. The zero-order valence-corrected chi connectivity index (χ0v) is 8.32. The minimum Gasteiger partial charge on any atom is -0.497 e. The Hall–Kier alpha value is -1.06. The van der Waals surface area contributed by atoms with Crippen LogP contribution >= 0.6 is 0 Å². The van der Waals surface area contributed by atoms with Crippen LogP contribution in [0.5, 0.6) is 5.75 Å². The lowest BCUT2D eigenvalue weighted by Gasteiger charge is -2.27. The number of hydrogen-bond acceptors (Lipinski definition) is 3. The number of benzene rings is 1. The van der Waals surface area contributed by atoms with Gasteiger partial charge in [0.25, 0.3) is 0 Å². The highest BCUT2D eigenvalue weighted by Crippen LogP contribution is 2.14. The minimum atomic E-state index is 0.390. The highest BCUT2D eigenvalue weighted by molar-refractivity contribution is 5.27. The van der Waals surface area contributed by atoms with Gasteiger partial charge in [-0.3, -0.25) is 0 Å². The van der Waals surface area contributed by atoms with Crippen molar-refractivity contribution in [2.24, 2.45) is 0 Å². The van der Waals surface area contributed by atoms with E-state index < -0.39 is 0 Å². The average molecular weight is 193 g/mol. The van der Waals surface area contributed by atoms with E-state index in [-0.39, 0.29) is 0 Å². The molecule has 0 unspecified atom stereocenters. The van der Waals surface area contributed by atoms with Crippen molar-refractivity contribution in [1.29, 1.82) is 0 Å². The van der Waals surface area contributed by atoms with Crippen LogP contribution in [0.3, 0.4) is 0 Å². The second kappa shape index (κ2) is 4.44. The molecule has 0 saturated carbocycles. The van der Waals surface area contributed by atoms with Crippen molar-refractivity contribution in [1.82, 2.24) is 5.32 Å². The molecule has 1 aliphatic rings. The second-order valence-electron chi connectivity index (χ2n) is 3.44. The molecule has 0 bridgehead atoms. The number of methoxy groups -OCH3 is 1. The lowest BCUT2D eigenvalue weighted by molar-refractivity contribution is 0.00752. The van der Waals surface area contributed by atoms with Crippen LogP contribution in [-0.4, -0.2) is 26.3 Å². The Bertz CT molecular complexity index is 297. The summed E-state index contributed by atoms with van der Waals surface area (Å²) in [7, 11) is 1.68. The molecule has 1 heterocycles. The summed E-state index contributed by atoms with van der Waals surface area (Å²) in [6, 6.07) is 7.98. The Morgan fingerprint density at radius 3 is 2.93 bits per heavy atom. The van der Waals surface area contributed by atoms with Gasteiger partial charge in [0.2, 0.25) is 0 Å². The first-order chi connectivity index (χ1) is 6.88. The van der Waals surface area contributed by atoms with Gasteiger partial charge in [0, 0.05) is 13.1 Å². The molecule has 3 nitrogen and oxygen atoms in total. The van der Waals surface area contributed by atoms with Crippen molar-refractivity contribution in [2.75, 3.05) is 20.2 Å². The van der Waals surface area contributed by atoms with Crippen LogP contribution in [0.15, 0.2) is 24.3 Å². The molecule has 0 amide bonds. The van der Waals surface area contributed by atoms with E-state index in [2.05, 4.69) is 11.4 Å². The SMILES string of the molecule is COc1cccc(COC2CNC2)c1. The van der Waals surface area contributed by atoms with Gasteiger partial charge >= 0.3 is 0 Å². The average Bonchev–Trinajstić information content (AvgIpc) is 2.16. The van der Waals surface area contributed by atoms with E-state index in [1.807, 2.05) is 18.2 Å². The van der Waals surface area contributed by atoms with Gasteiger partial charge in [-0.2, -0.15) is 0 Å². The van der Waals surface area contributed by atoms with E-state index in [4.69, 9.17) is 9.47 Å². The van der Waals surface area contributed by atoms with Gasteiger partial charge in [-0.15, -0.1) is 0 Å². The summed E-state index contributed by atoms with van der Waals surface area (Å²) in [4.78, 5) is 0. The van der Waals surface area contributed by atoms with E-state index in [1.54, 1.807) is 7.11 Å². The first-order valence-corrected chi connectivity index (χ1v) is 4.84. The van der Waals surface area contributed by atoms with Gasteiger partial charge in [-0.1, -0.05) is 12.1 Å². The summed E-state index contributed by atoms with van der Waals surface area (Å²) >= 11 is 0. The standard InChI is InChI=1S/C11H15NO2/c1-13-10-4-2-3-9(5-10)8-14-11-6-12-7-11/h2-5,11-12H,6-8H2,1H3. The predicted octanol–water partition coefficient (Wildman–Crippen LogP) is 1.18. The second-order valence-corrected chi connectivity index (χ2v) is 3.44. The maximum absolute atomic E-state index is 5.65. The van der Waals surface area contributed by atoms with Gasteiger partial charge in [0.05, 0.1) is 19.8 Å². The molecule has 1 aromatic rings. The molecule has 0 aliphatic carbocycles. The molecule has 0 atom stereocenters. The van der Waals surface area contributed by atoms with Crippen molar-refractivity contribution in [3.05, 3.63) is 29.8 Å². The Kier molecular flexibility index (Phi) is 3.01. The first kappa shape index (κ1) is 9.49. The van der Waals surface area contributed by atoms with E-state index in [9.17, 15) is 0 Å². The maximum Gasteiger partial charge on any atom is 0.119 e.